The van der Waals surface area contributed by atoms with Crippen LogP contribution in [0, 0.1) is 0 Å². The van der Waals surface area contributed by atoms with E-state index in [-0.39, 0.29) is 18.4 Å². The number of hydrogen-bond donors (Lipinski definition) is 2. The minimum Gasteiger partial charge on any atom is -0.377 e. The monoisotopic (exact) mass is 408 g/mol. The van der Waals surface area contributed by atoms with Gasteiger partial charge in [-0.2, -0.15) is 0 Å². The van der Waals surface area contributed by atoms with Gasteiger partial charge in [0.2, 0.25) is 10.0 Å². The van der Waals surface area contributed by atoms with Crippen molar-refractivity contribution in [2.75, 3.05) is 38.5 Å². The summed E-state index contributed by atoms with van der Waals surface area (Å²) in [6, 6.07) is 8.45. The van der Waals surface area contributed by atoms with Gasteiger partial charge in [-0.15, -0.1) is 0 Å². The van der Waals surface area contributed by atoms with Crippen molar-refractivity contribution in [2.24, 2.45) is 4.99 Å². The van der Waals surface area contributed by atoms with E-state index in [1.165, 1.54) is 11.1 Å². The molecule has 1 atom stereocenters. The fourth-order valence-electron chi connectivity index (χ4n) is 3.63. The number of fused-ring (bicyclic) bond motifs is 1. The molecule has 1 unspecified atom stereocenters. The van der Waals surface area contributed by atoms with Crippen molar-refractivity contribution in [3.05, 3.63) is 35.4 Å². The van der Waals surface area contributed by atoms with Crippen LogP contribution in [0.3, 0.4) is 0 Å². The molecule has 0 bridgehead atoms. The number of guanidine groups is 1. The van der Waals surface area contributed by atoms with Crippen LogP contribution in [0.25, 0.3) is 0 Å². The van der Waals surface area contributed by atoms with Gasteiger partial charge in [-0.05, 0) is 43.7 Å². The van der Waals surface area contributed by atoms with Gasteiger partial charge in [0.15, 0.2) is 5.96 Å². The zero-order chi connectivity index (χ0) is 19.8. The van der Waals surface area contributed by atoms with Gasteiger partial charge in [-0.25, -0.2) is 13.1 Å². The van der Waals surface area contributed by atoms with Gasteiger partial charge in [0, 0.05) is 32.8 Å². The van der Waals surface area contributed by atoms with E-state index in [9.17, 15) is 8.42 Å². The molecule has 0 aromatic heterocycles. The zero-order valence-corrected chi connectivity index (χ0v) is 17.5. The maximum atomic E-state index is 12.3. The average Bonchev–Trinajstić information content (AvgIpc) is 2.72. The van der Waals surface area contributed by atoms with Gasteiger partial charge in [0.1, 0.15) is 0 Å². The molecule has 0 amide bonds. The van der Waals surface area contributed by atoms with E-state index in [0.717, 1.165) is 57.9 Å². The van der Waals surface area contributed by atoms with E-state index in [0.29, 0.717) is 6.54 Å². The van der Waals surface area contributed by atoms with Crippen LogP contribution in [-0.4, -0.2) is 63.9 Å². The SMILES string of the molecule is CCNC(=NCCS(=O)(=O)NCC1CCCCO1)N1CCc2ccccc2C1. The van der Waals surface area contributed by atoms with Gasteiger partial charge in [-0.1, -0.05) is 24.3 Å². The van der Waals surface area contributed by atoms with Crippen LogP contribution >= 0.6 is 0 Å². The van der Waals surface area contributed by atoms with Crippen LogP contribution in [-0.2, 0) is 27.7 Å². The van der Waals surface area contributed by atoms with E-state index in [2.05, 4.69) is 44.2 Å². The Kier molecular flexibility index (Phi) is 7.70. The minimum absolute atomic E-state index is 0.00207. The first kappa shape index (κ1) is 21.1. The second-order valence-corrected chi connectivity index (χ2v) is 9.26. The van der Waals surface area contributed by atoms with Crippen molar-refractivity contribution in [3.8, 4) is 0 Å². The van der Waals surface area contributed by atoms with Crippen molar-refractivity contribution in [3.63, 3.8) is 0 Å². The first-order chi connectivity index (χ1) is 13.6. The molecule has 0 radical (unpaired) electrons. The summed E-state index contributed by atoms with van der Waals surface area (Å²) in [5.74, 6) is 0.766. The van der Waals surface area contributed by atoms with Crippen molar-refractivity contribution >= 4 is 16.0 Å². The molecule has 156 valence electrons. The normalized spacial score (nSPS) is 20.7. The summed E-state index contributed by atoms with van der Waals surface area (Å²) < 4.78 is 32.8. The van der Waals surface area contributed by atoms with Crippen LogP contribution in [0.15, 0.2) is 29.3 Å². The van der Waals surface area contributed by atoms with E-state index in [4.69, 9.17) is 4.74 Å². The Hall–Kier alpha value is -1.64. The first-order valence-electron chi connectivity index (χ1n) is 10.3. The molecular formula is C20H32N4O3S. The highest BCUT2D eigenvalue weighted by atomic mass is 32.2. The van der Waals surface area contributed by atoms with E-state index < -0.39 is 10.0 Å². The summed E-state index contributed by atoms with van der Waals surface area (Å²) in [6.07, 6.45) is 4.05. The van der Waals surface area contributed by atoms with Crippen molar-refractivity contribution in [1.29, 1.82) is 0 Å². The Balaban J connectivity index is 1.52. The maximum Gasteiger partial charge on any atom is 0.213 e. The number of hydrogen-bond acceptors (Lipinski definition) is 4. The fourth-order valence-corrected chi connectivity index (χ4v) is 4.55. The molecule has 1 fully saturated rings. The molecule has 7 nitrogen and oxygen atoms in total. The van der Waals surface area contributed by atoms with E-state index >= 15 is 0 Å². The predicted molar refractivity (Wildman–Crippen MR) is 112 cm³/mol. The van der Waals surface area contributed by atoms with Gasteiger partial charge in [0.25, 0.3) is 0 Å². The van der Waals surface area contributed by atoms with Crippen LogP contribution in [0.4, 0.5) is 0 Å². The molecule has 8 heteroatoms. The van der Waals surface area contributed by atoms with E-state index in [1.54, 1.807) is 0 Å². The van der Waals surface area contributed by atoms with Crippen molar-refractivity contribution < 1.29 is 13.2 Å². The largest absolute Gasteiger partial charge is 0.377 e. The Morgan fingerprint density at radius 3 is 2.86 bits per heavy atom. The average molecular weight is 409 g/mol. The lowest BCUT2D eigenvalue weighted by molar-refractivity contribution is 0.0200. The zero-order valence-electron chi connectivity index (χ0n) is 16.7. The van der Waals surface area contributed by atoms with Gasteiger partial charge >= 0.3 is 0 Å². The van der Waals surface area contributed by atoms with Crippen molar-refractivity contribution in [1.82, 2.24) is 14.9 Å². The number of rotatable bonds is 7. The Bertz CT molecular complexity index is 760. The van der Waals surface area contributed by atoms with Crippen LogP contribution in [0.1, 0.15) is 37.3 Å². The van der Waals surface area contributed by atoms with Crippen LogP contribution in [0.2, 0.25) is 0 Å². The highest BCUT2D eigenvalue weighted by Gasteiger charge is 2.20. The Morgan fingerprint density at radius 1 is 1.29 bits per heavy atom. The summed E-state index contributed by atoms with van der Waals surface area (Å²) >= 11 is 0. The van der Waals surface area contributed by atoms with Gasteiger partial charge < -0.3 is 15.0 Å². The fraction of sp³-hybridized carbons (Fsp3) is 0.650. The number of benzene rings is 1. The molecule has 1 aromatic carbocycles. The summed E-state index contributed by atoms with van der Waals surface area (Å²) in [6.45, 7) is 5.77. The number of nitrogens with zero attached hydrogens (tertiary/aromatic N) is 2. The molecule has 1 aromatic rings. The molecule has 2 aliphatic heterocycles. The first-order valence-corrected chi connectivity index (χ1v) is 11.9. The summed E-state index contributed by atoms with van der Waals surface area (Å²) in [5.41, 5.74) is 2.69. The number of aliphatic imine (C=N–C) groups is 1. The maximum absolute atomic E-state index is 12.3. The lowest BCUT2D eigenvalue weighted by atomic mass is 10.0. The Morgan fingerprint density at radius 2 is 2.11 bits per heavy atom. The molecule has 1 saturated heterocycles. The topological polar surface area (TPSA) is 83.0 Å². The molecular weight excluding hydrogens is 376 g/mol. The molecule has 2 aliphatic rings. The summed E-state index contributed by atoms with van der Waals surface area (Å²) in [4.78, 5) is 6.77. The second kappa shape index (κ2) is 10.2. The standard InChI is InChI=1S/C20H32N4O3S/c1-2-21-20(24-12-10-17-7-3-4-8-18(17)16-24)22-11-14-28(25,26)23-15-19-9-5-6-13-27-19/h3-4,7-8,19,23H,2,5-6,9-16H2,1H3,(H,21,22). The molecule has 2 heterocycles. The van der Waals surface area contributed by atoms with Gasteiger partial charge in [0.05, 0.1) is 18.4 Å². The number of sulfonamides is 1. The van der Waals surface area contributed by atoms with Gasteiger partial charge in [-0.3, -0.25) is 4.99 Å². The smallest absolute Gasteiger partial charge is 0.213 e. The quantitative estimate of drug-likeness (QED) is 0.528. The molecule has 28 heavy (non-hydrogen) atoms. The molecule has 0 aliphatic carbocycles. The molecule has 0 spiro atoms. The van der Waals surface area contributed by atoms with Crippen molar-refractivity contribution in [2.45, 2.75) is 45.3 Å². The highest BCUT2D eigenvalue weighted by Crippen LogP contribution is 2.18. The third-order valence-electron chi connectivity index (χ3n) is 5.19. The number of nitrogens with one attached hydrogen (secondary N) is 2. The van der Waals surface area contributed by atoms with E-state index in [1.807, 2.05) is 6.92 Å². The van der Waals surface area contributed by atoms with Crippen LogP contribution in [0.5, 0.6) is 0 Å². The molecule has 2 N–H and O–H groups in total. The second-order valence-electron chi connectivity index (χ2n) is 7.33. The molecule has 3 rings (SSSR count). The summed E-state index contributed by atoms with van der Waals surface area (Å²) in [7, 11) is -3.35. The lowest BCUT2D eigenvalue weighted by Crippen LogP contribution is -2.44. The minimum atomic E-state index is -3.35. The Labute approximate surface area is 168 Å². The lowest BCUT2D eigenvalue weighted by Gasteiger charge is -2.31. The van der Waals surface area contributed by atoms with Crippen LogP contribution < -0.4 is 10.0 Å². The number of ether oxygens (including phenoxy) is 1. The third kappa shape index (κ3) is 6.18. The molecule has 0 saturated carbocycles. The third-order valence-corrected chi connectivity index (χ3v) is 6.52. The highest BCUT2D eigenvalue weighted by molar-refractivity contribution is 7.89. The predicted octanol–water partition coefficient (Wildman–Crippen LogP) is 1.50. The summed E-state index contributed by atoms with van der Waals surface area (Å²) in [5, 5.41) is 3.29.